The molecule has 0 amide bonds. The number of halogens is 1. The van der Waals surface area contributed by atoms with Crippen LogP contribution in [0.1, 0.15) is 17.3 Å². The van der Waals surface area contributed by atoms with Gasteiger partial charge in [-0.15, -0.1) is 0 Å². The molecule has 0 radical (unpaired) electrons. The number of likely N-dealkylation sites (N-methyl/N-ethyl adjacent to an activating group) is 1. The Balaban J connectivity index is 2.19. The minimum atomic E-state index is 0.289. The van der Waals surface area contributed by atoms with Crippen LogP contribution >= 0.6 is 15.9 Å². The topological polar surface area (TPSA) is 29.9 Å². The average molecular weight is 294 g/mol. The van der Waals surface area contributed by atoms with Crippen molar-refractivity contribution < 1.29 is 0 Å². The number of aromatic nitrogens is 2. The molecule has 1 N–H and O–H groups in total. The lowest BCUT2D eigenvalue weighted by Crippen LogP contribution is -2.21. The monoisotopic (exact) mass is 293 g/mol. The molecule has 4 heteroatoms. The minimum absolute atomic E-state index is 0.289. The molecule has 1 unspecified atom stereocenters. The van der Waals surface area contributed by atoms with E-state index in [2.05, 4.69) is 49.0 Å². The molecule has 0 aliphatic heterocycles. The zero-order valence-corrected chi connectivity index (χ0v) is 11.6. The second-order valence-corrected chi connectivity index (χ2v) is 5.02. The van der Waals surface area contributed by atoms with E-state index in [0.29, 0.717) is 0 Å². The summed E-state index contributed by atoms with van der Waals surface area (Å²) < 4.78 is 3.17. The molecule has 2 aromatic rings. The van der Waals surface area contributed by atoms with Crippen LogP contribution in [0.2, 0.25) is 0 Å². The van der Waals surface area contributed by atoms with Gasteiger partial charge in [-0.2, -0.15) is 0 Å². The number of nitrogens with one attached hydrogen (secondary N) is 1. The molecule has 0 bridgehead atoms. The summed E-state index contributed by atoms with van der Waals surface area (Å²) in [6.07, 6.45) is 4.70. The van der Waals surface area contributed by atoms with Crippen molar-refractivity contribution in [3.8, 4) is 0 Å². The SMILES string of the molecule is CNC(Cc1cccc(Br)c1)c1cncn1C. The van der Waals surface area contributed by atoms with Gasteiger partial charge in [0, 0.05) is 17.7 Å². The van der Waals surface area contributed by atoms with Crippen LogP contribution in [0.5, 0.6) is 0 Å². The van der Waals surface area contributed by atoms with E-state index < -0.39 is 0 Å². The first-order valence-corrected chi connectivity index (χ1v) is 6.38. The number of aryl methyl sites for hydroxylation is 1. The zero-order valence-electron chi connectivity index (χ0n) is 10.0. The lowest BCUT2D eigenvalue weighted by Gasteiger charge is -2.16. The largest absolute Gasteiger partial charge is 0.336 e. The molecule has 0 saturated carbocycles. The second-order valence-electron chi connectivity index (χ2n) is 4.10. The standard InChI is InChI=1S/C13H16BrN3/c1-15-12(13-8-16-9-17(13)2)7-10-4-3-5-11(14)6-10/h3-6,8-9,12,15H,7H2,1-2H3. The molecular weight excluding hydrogens is 278 g/mol. The molecule has 1 aromatic carbocycles. The van der Waals surface area contributed by atoms with Crippen LogP contribution in [0.4, 0.5) is 0 Å². The van der Waals surface area contributed by atoms with Gasteiger partial charge in [0.1, 0.15) is 0 Å². The van der Waals surface area contributed by atoms with Gasteiger partial charge in [-0.1, -0.05) is 28.1 Å². The molecule has 1 aromatic heterocycles. The summed E-state index contributed by atoms with van der Waals surface area (Å²) in [5.74, 6) is 0. The fourth-order valence-electron chi connectivity index (χ4n) is 1.96. The first-order chi connectivity index (χ1) is 8.20. The van der Waals surface area contributed by atoms with Gasteiger partial charge in [-0.05, 0) is 31.2 Å². The average Bonchev–Trinajstić information content (AvgIpc) is 2.72. The van der Waals surface area contributed by atoms with E-state index in [1.165, 1.54) is 11.3 Å². The lowest BCUT2D eigenvalue weighted by molar-refractivity contribution is 0.555. The zero-order chi connectivity index (χ0) is 12.3. The summed E-state index contributed by atoms with van der Waals surface area (Å²) in [6, 6.07) is 8.69. The van der Waals surface area contributed by atoms with Crippen molar-refractivity contribution in [1.82, 2.24) is 14.9 Å². The van der Waals surface area contributed by atoms with E-state index in [9.17, 15) is 0 Å². The van der Waals surface area contributed by atoms with Crippen LogP contribution in [0.25, 0.3) is 0 Å². The van der Waals surface area contributed by atoms with E-state index >= 15 is 0 Å². The van der Waals surface area contributed by atoms with Crippen molar-refractivity contribution in [3.05, 3.63) is 52.5 Å². The molecule has 0 aliphatic rings. The normalized spacial score (nSPS) is 12.6. The van der Waals surface area contributed by atoms with Gasteiger partial charge >= 0.3 is 0 Å². The Labute approximate surface area is 110 Å². The van der Waals surface area contributed by atoms with E-state index in [1.54, 1.807) is 0 Å². The highest BCUT2D eigenvalue weighted by Gasteiger charge is 2.13. The molecule has 17 heavy (non-hydrogen) atoms. The minimum Gasteiger partial charge on any atom is -0.336 e. The maximum Gasteiger partial charge on any atom is 0.0946 e. The van der Waals surface area contributed by atoms with Crippen LogP contribution in [-0.2, 0) is 13.5 Å². The number of hydrogen-bond donors (Lipinski definition) is 1. The molecule has 90 valence electrons. The van der Waals surface area contributed by atoms with E-state index in [-0.39, 0.29) is 6.04 Å². The molecule has 1 atom stereocenters. The number of benzene rings is 1. The third kappa shape index (κ3) is 2.96. The highest BCUT2D eigenvalue weighted by atomic mass is 79.9. The molecule has 0 aliphatic carbocycles. The van der Waals surface area contributed by atoms with Gasteiger partial charge in [0.2, 0.25) is 0 Å². The number of imidazole rings is 1. The molecule has 0 saturated heterocycles. The summed E-state index contributed by atoms with van der Waals surface area (Å²) in [5, 5.41) is 3.34. The molecule has 3 nitrogen and oxygen atoms in total. The van der Waals surface area contributed by atoms with Crippen LogP contribution in [0.3, 0.4) is 0 Å². The fraction of sp³-hybridized carbons (Fsp3) is 0.308. The third-order valence-corrected chi connectivity index (χ3v) is 3.38. The molecule has 0 spiro atoms. The van der Waals surface area contributed by atoms with Crippen molar-refractivity contribution in [1.29, 1.82) is 0 Å². The summed E-state index contributed by atoms with van der Waals surface area (Å²) in [5.41, 5.74) is 2.51. The smallest absolute Gasteiger partial charge is 0.0946 e. The van der Waals surface area contributed by atoms with Gasteiger partial charge in [0.15, 0.2) is 0 Å². The van der Waals surface area contributed by atoms with Crippen molar-refractivity contribution in [2.24, 2.45) is 7.05 Å². The van der Waals surface area contributed by atoms with Crippen molar-refractivity contribution in [2.75, 3.05) is 7.05 Å². The van der Waals surface area contributed by atoms with Gasteiger partial charge in [0.25, 0.3) is 0 Å². The van der Waals surface area contributed by atoms with Crippen LogP contribution in [0.15, 0.2) is 41.3 Å². The molecule has 0 fully saturated rings. The summed E-state index contributed by atoms with van der Waals surface area (Å²) in [4.78, 5) is 4.16. The summed E-state index contributed by atoms with van der Waals surface area (Å²) in [7, 11) is 4.00. The third-order valence-electron chi connectivity index (χ3n) is 2.89. The van der Waals surface area contributed by atoms with Gasteiger partial charge < -0.3 is 9.88 Å². The quantitative estimate of drug-likeness (QED) is 0.939. The van der Waals surface area contributed by atoms with Crippen molar-refractivity contribution >= 4 is 15.9 Å². The highest BCUT2D eigenvalue weighted by Crippen LogP contribution is 2.19. The first-order valence-electron chi connectivity index (χ1n) is 5.58. The maximum absolute atomic E-state index is 4.16. The first kappa shape index (κ1) is 12.3. The Kier molecular flexibility index (Phi) is 3.97. The van der Waals surface area contributed by atoms with Gasteiger partial charge in [-0.3, -0.25) is 0 Å². The summed E-state index contributed by atoms with van der Waals surface area (Å²) in [6.45, 7) is 0. The molecule has 1 heterocycles. The number of nitrogens with zero attached hydrogens (tertiary/aromatic N) is 2. The Bertz CT molecular complexity index is 493. The second kappa shape index (κ2) is 5.47. The molecule has 2 rings (SSSR count). The predicted octanol–water partition coefficient (Wildman–Crippen LogP) is 2.69. The Morgan fingerprint density at radius 3 is 2.88 bits per heavy atom. The van der Waals surface area contributed by atoms with E-state index in [0.717, 1.165) is 10.9 Å². The van der Waals surface area contributed by atoms with E-state index in [1.807, 2.05) is 32.7 Å². The fourth-order valence-corrected chi connectivity index (χ4v) is 2.40. The van der Waals surface area contributed by atoms with Crippen molar-refractivity contribution in [2.45, 2.75) is 12.5 Å². The van der Waals surface area contributed by atoms with Crippen LogP contribution in [0, 0.1) is 0 Å². The Morgan fingerprint density at radius 2 is 2.29 bits per heavy atom. The lowest BCUT2D eigenvalue weighted by atomic mass is 10.0. The van der Waals surface area contributed by atoms with Crippen molar-refractivity contribution in [3.63, 3.8) is 0 Å². The Hall–Kier alpha value is -1.13. The number of rotatable bonds is 4. The highest BCUT2D eigenvalue weighted by molar-refractivity contribution is 9.10. The van der Waals surface area contributed by atoms with Gasteiger partial charge in [-0.25, -0.2) is 4.98 Å². The Morgan fingerprint density at radius 1 is 1.47 bits per heavy atom. The number of hydrogen-bond acceptors (Lipinski definition) is 2. The van der Waals surface area contributed by atoms with E-state index in [4.69, 9.17) is 0 Å². The predicted molar refractivity (Wildman–Crippen MR) is 72.9 cm³/mol. The van der Waals surface area contributed by atoms with Gasteiger partial charge in [0.05, 0.1) is 18.1 Å². The summed E-state index contributed by atoms with van der Waals surface area (Å²) >= 11 is 3.50. The van der Waals surface area contributed by atoms with Crippen LogP contribution in [-0.4, -0.2) is 16.6 Å². The van der Waals surface area contributed by atoms with Crippen LogP contribution < -0.4 is 5.32 Å². The maximum atomic E-state index is 4.16. The molecular formula is C13H16BrN3.